The second kappa shape index (κ2) is 6.47. The number of hydrogen-bond acceptors (Lipinski definition) is 4. The molecule has 0 spiro atoms. The Hall–Kier alpha value is -2.69. The van der Waals surface area contributed by atoms with E-state index >= 15 is 0 Å². The number of anilines is 1. The maximum atomic E-state index is 11.7. The van der Waals surface area contributed by atoms with E-state index < -0.39 is 0 Å². The molecule has 0 aliphatic heterocycles. The van der Waals surface area contributed by atoms with E-state index in [1.54, 1.807) is 31.4 Å². The van der Waals surface area contributed by atoms with Gasteiger partial charge in [0.25, 0.3) is 0 Å². The van der Waals surface area contributed by atoms with Crippen molar-refractivity contribution < 1.29 is 9.53 Å². The Morgan fingerprint density at radius 1 is 1.05 bits per heavy atom. The number of carbonyl (C=O) groups is 1. The third kappa shape index (κ3) is 3.41. The van der Waals surface area contributed by atoms with Crippen molar-refractivity contribution in [3.05, 3.63) is 54.6 Å². The van der Waals surface area contributed by atoms with E-state index in [-0.39, 0.29) is 5.91 Å². The summed E-state index contributed by atoms with van der Waals surface area (Å²) in [6, 6.07) is 16.3. The highest BCUT2D eigenvalue weighted by molar-refractivity contribution is 5.90. The maximum Gasteiger partial charge on any atom is 0.245 e. The second-order valence-electron chi connectivity index (χ2n) is 4.05. The fraction of sp³-hybridized carbons (Fsp3) is 0.133. The van der Waals surface area contributed by atoms with E-state index in [1.807, 2.05) is 30.3 Å². The van der Waals surface area contributed by atoms with Crippen molar-refractivity contribution in [1.29, 1.82) is 0 Å². The lowest BCUT2D eigenvalue weighted by Crippen LogP contribution is -2.21. The number of benzene rings is 2. The molecule has 0 heterocycles. The van der Waals surface area contributed by atoms with Crippen molar-refractivity contribution in [2.24, 2.45) is 10.3 Å². The van der Waals surface area contributed by atoms with Crippen molar-refractivity contribution in [3.8, 4) is 5.75 Å². The molecular weight excluding hydrogens is 254 g/mol. The van der Waals surface area contributed by atoms with Gasteiger partial charge in [-0.25, -0.2) is 0 Å². The van der Waals surface area contributed by atoms with Gasteiger partial charge in [-0.05, 0) is 36.4 Å². The molecule has 0 atom stereocenters. The normalized spacial score (nSPS) is 10.5. The van der Waals surface area contributed by atoms with Crippen LogP contribution in [-0.4, -0.2) is 13.0 Å². The molecule has 0 aliphatic rings. The Balaban J connectivity index is 2.22. The molecule has 0 saturated heterocycles. The van der Waals surface area contributed by atoms with Gasteiger partial charge >= 0.3 is 0 Å². The molecule has 102 valence electrons. The molecule has 0 aliphatic carbocycles. The summed E-state index contributed by atoms with van der Waals surface area (Å²) in [5.74, 6) is 0.507. The van der Waals surface area contributed by atoms with Gasteiger partial charge in [-0.2, -0.15) is 5.01 Å². The number of nitrogens with zero attached hydrogens (tertiary/aromatic N) is 3. The van der Waals surface area contributed by atoms with Crippen LogP contribution in [0.25, 0.3) is 0 Å². The minimum absolute atomic E-state index is 0.213. The van der Waals surface area contributed by atoms with Gasteiger partial charge in [0.05, 0.1) is 18.5 Å². The predicted molar refractivity (Wildman–Crippen MR) is 77.1 cm³/mol. The third-order valence-electron chi connectivity index (χ3n) is 2.62. The monoisotopic (exact) mass is 269 g/mol. The molecule has 2 aromatic carbocycles. The van der Waals surface area contributed by atoms with Crippen LogP contribution in [0.4, 0.5) is 11.4 Å². The van der Waals surface area contributed by atoms with Crippen LogP contribution in [0, 0.1) is 0 Å². The molecule has 1 amide bonds. The number of methoxy groups -OCH3 is 1. The summed E-state index contributed by atoms with van der Waals surface area (Å²) in [5.41, 5.74) is 1.32. The Kier molecular flexibility index (Phi) is 4.44. The minimum atomic E-state index is -0.213. The van der Waals surface area contributed by atoms with Crippen molar-refractivity contribution in [3.63, 3.8) is 0 Å². The van der Waals surface area contributed by atoms with E-state index in [1.165, 1.54) is 11.9 Å². The molecule has 2 rings (SSSR count). The minimum Gasteiger partial charge on any atom is -0.497 e. The molecule has 0 N–H and O–H groups in total. The average Bonchev–Trinajstić information content (AvgIpc) is 2.49. The van der Waals surface area contributed by atoms with Gasteiger partial charge < -0.3 is 4.74 Å². The Morgan fingerprint density at radius 3 is 2.25 bits per heavy atom. The van der Waals surface area contributed by atoms with Gasteiger partial charge in [0.1, 0.15) is 5.75 Å². The summed E-state index contributed by atoms with van der Waals surface area (Å²) >= 11 is 0. The Labute approximate surface area is 117 Å². The van der Waals surface area contributed by atoms with Gasteiger partial charge in [-0.3, -0.25) is 4.79 Å². The summed E-state index contributed by atoms with van der Waals surface area (Å²) in [6.07, 6.45) is 0. The summed E-state index contributed by atoms with van der Waals surface area (Å²) in [4.78, 5) is 11.7. The van der Waals surface area contributed by atoms with E-state index in [0.29, 0.717) is 11.4 Å². The van der Waals surface area contributed by atoms with E-state index in [0.717, 1.165) is 5.75 Å². The molecule has 0 unspecified atom stereocenters. The number of hydrogen-bond donors (Lipinski definition) is 0. The first-order valence-electron chi connectivity index (χ1n) is 6.12. The lowest BCUT2D eigenvalue weighted by atomic mass is 10.3. The number of rotatable bonds is 4. The molecule has 5 heteroatoms. The second-order valence-corrected chi connectivity index (χ2v) is 4.05. The summed E-state index contributed by atoms with van der Waals surface area (Å²) < 4.78 is 5.08. The van der Waals surface area contributed by atoms with Crippen LogP contribution in [0.2, 0.25) is 0 Å². The molecule has 0 radical (unpaired) electrons. The maximum absolute atomic E-state index is 11.7. The molecule has 5 nitrogen and oxygen atoms in total. The average molecular weight is 269 g/mol. The smallest absolute Gasteiger partial charge is 0.245 e. The summed E-state index contributed by atoms with van der Waals surface area (Å²) in [6.45, 7) is 1.44. The first-order chi connectivity index (χ1) is 9.70. The van der Waals surface area contributed by atoms with Crippen LogP contribution in [0.15, 0.2) is 64.9 Å². The molecule has 2 aromatic rings. The number of carbonyl (C=O) groups excluding carboxylic acids is 1. The van der Waals surface area contributed by atoms with Gasteiger partial charge in [0.2, 0.25) is 5.91 Å². The molecule has 0 saturated carbocycles. The Morgan fingerprint density at radius 2 is 1.70 bits per heavy atom. The highest BCUT2D eigenvalue weighted by Crippen LogP contribution is 2.21. The molecule has 0 fully saturated rings. The first-order valence-corrected chi connectivity index (χ1v) is 6.12. The van der Waals surface area contributed by atoms with Gasteiger partial charge in [-0.1, -0.05) is 23.4 Å². The molecule has 20 heavy (non-hydrogen) atoms. The summed E-state index contributed by atoms with van der Waals surface area (Å²) in [7, 11) is 1.59. The van der Waals surface area contributed by atoms with Crippen LogP contribution >= 0.6 is 0 Å². The van der Waals surface area contributed by atoms with Crippen LogP contribution in [-0.2, 0) is 4.79 Å². The fourth-order valence-corrected chi connectivity index (χ4v) is 1.61. The lowest BCUT2D eigenvalue weighted by Gasteiger charge is -2.13. The standard InChI is InChI=1S/C15H15N3O2/c1-12(19)18(14-8-10-15(20-2)11-9-14)17-16-13-6-4-3-5-7-13/h3-11H,1-2H3. The van der Waals surface area contributed by atoms with Crippen molar-refractivity contribution >= 4 is 17.3 Å². The zero-order valence-corrected chi connectivity index (χ0v) is 11.4. The Bertz CT molecular complexity index is 594. The van der Waals surface area contributed by atoms with Crippen molar-refractivity contribution in [1.82, 2.24) is 0 Å². The predicted octanol–water partition coefficient (Wildman–Crippen LogP) is 3.75. The fourth-order valence-electron chi connectivity index (χ4n) is 1.61. The van der Waals surface area contributed by atoms with Gasteiger partial charge in [-0.15, -0.1) is 5.11 Å². The van der Waals surface area contributed by atoms with Crippen molar-refractivity contribution in [2.45, 2.75) is 6.92 Å². The number of amides is 1. The van der Waals surface area contributed by atoms with Crippen LogP contribution in [0.5, 0.6) is 5.75 Å². The molecule has 0 bridgehead atoms. The van der Waals surface area contributed by atoms with Gasteiger partial charge in [0.15, 0.2) is 0 Å². The quantitative estimate of drug-likeness (QED) is 0.627. The summed E-state index contributed by atoms with van der Waals surface area (Å²) in [5, 5.41) is 9.28. The van der Waals surface area contributed by atoms with E-state index in [2.05, 4.69) is 10.3 Å². The molecular formula is C15H15N3O2. The van der Waals surface area contributed by atoms with Gasteiger partial charge in [0, 0.05) is 6.92 Å². The van der Waals surface area contributed by atoms with E-state index in [4.69, 9.17) is 4.74 Å². The van der Waals surface area contributed by atoms with Crippen LogP contribution in [0.1, 0.15) is 6.92 Å². The lowest BCUT2D eigenvalue weighted by molar-refractivity contribution is -0.116. The zero-order chi connectivity index (χ0) is 14.4. The highest BCUT2D eigenvalue weighted by Gasteiger charge is 2.10. The SMILES string of the molecule is COc1ccc(N(N=Nc2ccccc2)C(C)=O)cc1. The largest absolute Gasteiger partial charge is 0.497 e. The third-order valence-corrected chi connectivity index (χ3v) is 2.62. The van der Waals surface area contributed by atoms with Crippen LogP contribution < -0.4 is 9.75 Å². The highest BCUT2D eigenvalue weighted by atomic mass is 16.5. The first kappa shape index (κ1) is 13.7. The van der Waals surface area contributed by atoms with Crippen molar-refractivity contribution in [2.75, 3.05) is 12.1 Å². The topological polar surface area (TPSA) is 54.3 Å². The number of ether oxygens (including phenoxy) is 1. The van der Waals surface area contributed by atoms with E-state index in [9.17, 15) is 4.79 Å². The van der Waals surface area contributed by atoms with Crippen LogP contribution in [0.3, 0.4) is 0 Å². The zero-order valence-electron chi connectivity index (χ0n) is 11.4. The molecule has 0 aromatic heterocycles.